The van der Waals surface area contributed by atoms with Crippen LogP contribution in [-0.2, 0) is 0 Å². The maximum atomic E-state index is 10.4. The molecule has 1 N–H and O–H groups in total. The molecule has 3 heteroatoms. The highest BCUT2D eigenvalue weighted by Crippen LogP contribution is 2.24. The largest absolute Gasteiger partial charge is 0.490 e. The predicted octanol–water partition coefficient (Wildman–Crippen LogP) is 1.79. The summed E-state index contributed by atoms with van der Waals surface area (Å²) >= 11 is 0. The molecule has 1 aromatic carbocycles. The van der Waals surface area contributed by atoms with E-state index in [0.29, 0.717) is 12.0 Å². The van der Waals surface area contributed by atoms with Crippen LogP contribution in [0.5, 0.6) is 5.75 Å². The molecule has 0 bridgehead atoms. The van der Waals surface area contributed by atoms with Gasteiger partial charge in [0.15, 0.2) is 0 Å². The van der Waals surface area contributed by atoms with Crippen LogP contribution < -0.4 is 4.74 Å². The monoisotopic (exact) mass is 206 g/mol. The third kappa shape index (κ3) is 2.57. The number of carbonyl (C=O) groups excluding carboxylic acids is 1. The maximum absolute atomic E-state index is 10.4. The molecule has 80 valence electrons. The van der Waals surface area contributed by atoms with Gasteiger partial charge in [-0.1, -0.05) is 0 Å². The van der Waals surface area contributed by atoms with Crippen LogP contribution in [0.25, 0.3) is 0 Å². The number of rotatable bonds is 3. The summed E-state index contributed by atoms with van der Waals surface area (Å²) in [6.45, 7) is 0. The van der Waals surface area contributed by atoms with Crippen molar-refractivity contribution in [2.24, 2.45) is 0 Å². The summed E-state index contributed by atoms with van der Waals surface area (Å²) in [4.78, 5) is 10.4. The number of benzene rings is 1. The Kier molecular flexibility index (Phi) is 3.02. The van der Waals surface area contributed by atoms with Gasteiger partial charge in [0.1, 0.15) is 18.1 Å². The molecule has 0 aromatic heterocycles. The summed E-state index contributed by atoms with van der Waals surface area (Å²) < 4.78 is 5.67. The summed E-state index contributed by atoms with van der Waals surface area (Å²) in [6, 6.07) is 7.03. The van der Waals surface area contributed by atoms with Crippen molar-refractivity contribution in [3.8, 4) is 5.75 Å². The first kappa shape index (κ1) is 10.2. The second kappa shape index (κ2) is 4.45. The zero-order valence-corrected chi connectivity index (χ0v) is 8.43. The molecule has 0 radical (unpaired) electrons. The number of carbonyl (C=O) groups is 1. The lowest BCUT2D eigenvalue weighted by Crippen LogP contribution is -2.13. The summed E-state index contributed by atoms with van der Waals surface area (Å²) in [6.07, 6.45) is 3.12. The van der Waals surface area contributed by atoms with Crippen LogP contribution in [0, 0.1) is 0 Å². The minimum Gasteiger partial charge on any atom is -0.490 e. The number of hydrogen-bond donors (Lipinski definition) is 1. The number of aliphatic hydroxyl groups is 1. The highest BCUT2D eigenvalue weighted by atomic mass is 16.5. The molecule has 1 fully saturated rings. The third-order valence-corrected chi connectivity index (χ3v) is 2.68. The summed E-state index contributed by atoms with van der Waals surface area (Å²) in [7, 11) is 0. The van der Waals surface area contributed by atoms with Crippen molar-refractivity contribution in [3.05, 3.63) is 29.8 Å². The van der Waals surface area contributed by atoms with Gasteiger partial charge in [-0.3, -0.25) is 4.79 Å². The maximum Gasteiger partial charge on any atom is 0.150 e. The SMILES string of the molecule is O=Cc1ccc(OC2CCC(O)C2)cc1. The number of hydrogen-bond acceptors (Lipinski definition) is 3. The Morgan fingerprint density at radius 1 is 1.27 bits per heavy atom. The van der Waals surface area contributed by atoms with E-state index < -0.39 is 0 Å². The van der Waals surface area contributed by atoms with E-state index in [1.807, 2.05) is 0 Å². The molecule has 2 rings (SSSR count). The Hall–Kier alpha value is -1.35. The van der Waals surface area contributed by atoms with E-state index in [0.717, 1.165) is 24.9 Å². The van der Waals surface area contributed by atoms with Gasteiger partial charge in [0, 0.05) is 12.0 Å². The fraction of sp³-hybridized carbons (Fsp3) is 0.417. The van der Waals surface area contributed by atoms with Crippen molar-refractivity contribution >= 4 is 6.29 Å². The topological polar surface area (TPSA) is 46.5 Å². The Balaban J connectivity index is 1.96. The first-order valence-corrected chi connectivity index (χ1v) is 5.18. The molecule has 1 aliphatic carbocycles. The van der Waals surface area contributed by atoms with Gasteiger partial charge in [-0.05, 0) is 37.1 Å². The fourth-order valence-corrected chi connectivity index (χ4v) is 1.84. The Labute approximate surface area is 88.7 Å². The van der Waals surface area contributed by atoms with Crippen LogP contribution in [0.1, 0.15) is 29.6 Å². The minimum absolute atomic E-state index is 0.113. The Bertz CT molecular complexity index is 331. The van der Waals surface area contributed by atoms with Crippen molar-refractivity contribution in [1.29, 1.82) is 0 Å². The summed E-state index contributed by atoms with van der Waals surface area (Å²) in [5, 5.41) is 9.33. The minimum atomic E-state index is -0.218. The van der Waals surface area contributed by atoms with Gasteiger partial charge >= 0.3 is 0 Å². The average molecular weight is 206 g/mol. The molecule has 0 aliphatic heterocycles. The van der Waals surface area contributed by atoms with Gasteiger partial charge in [0.2, 0.25) is 0 Å². The molecule has 1 saturated carbocycles. The molecule has 1 aromatic rings. The van der Waals surface area contributed by atoms with Crippen LogP contribution in [0.2, 0.25) is 0 Å². The molecule has 0 heterocycles. The Morgan fingerprint density at radius 2 is 2.00 bits per heavy atom. The predicted molar refractivity (Wildman–Crippen MR) is 56.1 cm³/mol. The van der Waals surface area contributed by atoms with Crippen LogP contribution in [-0.4, -0.2) is 23.6 Å². The van der Waals surface area contributed by atoms with E-state index in [-0.39, 0.29) is 12.2 Å². The average Bonchev–Trinajstić information content (AvgIpc) is 2.65. The quantitative estimate of drug-likeness (QED) is 0.767. The normalized spacial score (nSPS) is 25.1. The highest BCUT2D eigenvalue weighted by Gasteiger charge is 2.24. The van der Waals surface area contributed by atoms with E-state index in [4.69, 9.17) is 4.74 Å². The third-order valence-electron chi connectivity index (χ3n) is 2.68. The molecule has 1 aliphatic rings. The number of aldehydes is 1. The van der Waals surface area contributed by atoms with Gasteiger partial charge in [-0.15, -0.1) is 0 Å². The second-order valence-corrected chi connectivity index (χ2v) is 3.89. The Morgan fingerprint density at radius 3 is 2.53 bits per heavy atom. The lowest BCUT2D eigenvalue weighted by Gasteiger charge is -2.12. The molecule has 0 amide bonds. The van der Waals surface area contributed by atoms with Crippen molar-refractivity contribution in [3.63, 3.8) is 0 Å². The molecular formula is C12H14O3. The first-order valence-electron chi connectivity index (χ1n) is 5.18. The van der Waals surface area contributed by atoms with Gasteiger partial charge in [-0.25, -0.2) is 0 Å². The van der Waals surface area contributed by atoms with Crippen molar-refractivity contribution in [1.82, 2.24) is 0 Å². The van der Waals surface area contributed by atoms with E-state index >= 15 is 0 Å². The fourth-order valence-electron chi connectivity index (χ4n) is 1.84. The highest BCUT2D eigenvalue weighted by molar-refractivity contribution is 5.74. The van der Waals surface area contributed by atoms with Crippen molar-refractivity contribution in [2.45, 2.75) is 31.5 Å². The van der Waals surface area contributed by atoms with Crippen molar-refractivity contribution in [2.75, 3.05) is 0 Å². The molecular weight excluding hydrogens is 192 g/mol. The number of aliphatic hydroxyl groups excluding tert-OH is 1. The zero-order chi connectivity index (χ0) is 10.7. The summed E-state index contributed by atoms with van der Waals surface area (Å²) in [5.74, 6) is 0.764. The van der Waals surface area contributed by atoms with Crippen LogP contribution in [0.3, 0.4) is 0 Å². The zero-order valence-electron chi connectivity index (χ0n) is 8.43. The van der Waals surface area contributed by atoms with E-state index in [2.05, 4.69) is 0 Å². The van der Waals surface area contributed by atoms with Gasteiger partial charge in [0.05, 0.1) is 6.10 Å². The van der Waals surface area contributed by atoms with Gasteiger partial charge in [-0.2, -0.15) is 0 Å². The summed E-state index contributed by atoms with van der Waals surface area (Å²) in [5.41, 5.74) is 0.647. The van der Waals surface area contributed by atoms with Gasteiger partial charge in [0.25, 0.3) is 0 Å². The van der Waals surface area contributed by atoms with Crippen LogP contribution in [0.4, 0.5) is 0 Å². The molecule has 0 spiro atoms. The van der Waals surface area contributed by atoms with E-state index in [1.54, 1.807) is 24.3 Å². The molecule has 3 nitrogen and oxygen atoms in total. The lowest BCUT2D eigenvalue weighted by atomic mass is 10.2. The first-order chi connectivity index (χ1) is 7.28. The van der Waals surface area contributed by atoms with Crippen LogP contribution in [0.15, 0.2) is 24.3 Å². The smallest absolute Gasteiger partial charge is 0.150 e. The van der Waals surface area contributed by atoms with Gasteiger partial charge < -0.3 is 9.84 Å². The molecule has 2 atom stereocenters. The van der Waals surface area contributed by atoms with E-state index in [9.17, 15) is 9.90 Å². The lowest BCUT2D eigenvalue weighted by molar-refractivity contribution is 0.112. The van der Waals surface area contributed by atoms with Crippen molar-refractivity contribution < 1.29 is 14.6 Å². The molecule has 15 heavy (non-hydrogen) atoms. The standard InChI is InChI=1S/C12H14O3/c13-8-9-1-4-11(5-2-9)15-12-6-3-10(14)7-12/h1-2,4-5,8,10,12,14H,3,6-7H2. The number of ether oxygens (including phenoxy) is 1. The van der Waals surface area contributed by atoms with E-state index in [1.165, 1.54) is 0 Å². The van der Waals surface area contributed by atoms with Crippen LogP contribution >= 0.6 is 0 Å². The molecule has 2 unspecified atom stereocenters. The molecule has 0 saturated heterocycles. The second-order valence-electron chi connectivity index (χ2n) is 3.89.